The normalized spacial score (nSPS) is 20.4. The van der Waals surface area contributed by atoms with Crippen molar-refractivity contribution in [2.45, 2.75) is 39.0 Å². The molecule has 2 aromatic heterocycles. The van der Waals surface area contributed by atoms with E-state index in [9.17, 15) is 19.2 Å². The maximum Gasteiger partial charge on any atom is 0.410 e. The van der Waals surface area contributed by atoms with Crippen LogP contribution < -0.4 is 16.2 Å². The number of ether oxygens (including phenoxy) is 1. The van der Waals surface area contributed by atoms with Crippen LogP contribution in [0.15, 0.2) is 47.5 Å². The molecule has 1 saturated carbocycles. The first-order valence-corrected chi connectivity index (χ1v) is 12.4. The summed E-state index contributed by atoms with van der Waals surface area (Å²) in [5.41, 5.74) is 0.930. The van der Waals surface area contributed by atoms with Crippen LogP contribution in [0.3, 0.4) is 0 Å². The molecule has 37 heavy (non-hydrogen) atoms. The maximum absolute atomic E-state index is 13.2. The van der Waals surface area contributed by atoms with Crippen molar-refractivity contribution in [3.05, 3.63) is 69.8 Å². The molecule has 2 fully saturated rings. The molecule has 1 saturated heterocycles. The first-order chi connectivity index (χ1) is 17.6. The van der Waals surface area contributed by atoms with Crippen LogP contribution in [0.5, 0.6) is 0 Å². The Hall–Kier alpha value is -4.08. The first kappa shape index (κ1) is 24.6. The largest absolute Gasteiger partial charge is 0.444 e. The third-order valence-electron chi connectivity index (χ3n) is 6.99. The zero-order chi connectivity index (χ0) is 26.5. The molecule has 0 unspecified atom stereocenters. The second kappa shape index (κ2) is 9.10. The lowest BCUT2D eigenvalue weighted by molar-refractivity contribution is 0.0269. The number of carbonyl (C=O) groups excluding carboxylic acids is 3. The number of piperidine rings is 1. The van der Waals surface area contributed by atoms with Gasteiger partial charge in [-0.25, -0.2) is 4.79 Å². The number of likely N-dealkylation sites (tertiary alicyclic amines) is 1. The molecule has 3 atom stereocenters. The summed E-state index contributed by atoms with van der Waals surface area (Å²) >= 11 is 0. The number of hydrogen-bond donors (Lipinski definition) is 3. The van der Waals surface area contributed by atoms with Crippen molar-refractivity contribution < 1.29 is 19.1 Å². The lowest BCUT2D eigenvalue weighted by atomic mass is 10.1. The predicted molar refractivity (Wildman–Crippen MR) is 138 cm³/mol. The van der Waals surface area contributed by atoms with E-state index in [1.54, 1.807) is 4.90 Å². The molecule has 5 rings (SSSR count). The lowest BCUT2D eigenvalue weighted by Gasteiger charge is -2.26. The smallest absolute Gasteiger partial charge is 0.410 e. The van der Waals surface area contributed by atoms with E-state index in [-0.39, 0.29) is 47.5 Å². The zero-order valence-corrected chi connectivity index (χ0v) is 21.3. The van der Waals surface area contributed by atoms with E-state index in [0.29, 0.717) is 13.1 Å². The molecule has 0 bridgehead atoms. The number of pyridine rings is 1. The number of aromatic nitrogens is 2. The molecule has 0 radical (unpaired) electrons. The standard InChI is InChI=1S/C27H31N5O5/c1-27(2,3)37-26(36)32-13-19-20(14-32)22(19)30-23(33)16-10-18(24(34)28-4)25(35)31(12-16)11-15-6-5-7-21-17(15)8-9-29-21/h5-10,12,19-20,22,29H,11,13-14H2,1-4H3,(H,28,34)(H,30,33)/t19-,20+,22-. The van der Waals surface area contributed by atoms with Gasteiger partial charge in [0.25, 0.3) is 17.4 Å². The molecule has 3 amide bonds. The highest BCUT2D eigenvalue weighted by molar-refractivity contribution is 5.99. The lowest BCUT2D eigenvalue weighted by Crippen LogP contribution is -2.40. The van der Waals surface area contributed by atoms with E-state index in [2.05, 4.69) is 15.6 Å². The number of carbonyl (C=O) groups is 3. The van der Waals surface area contributed by atoms with Gasteiger partial charge in [0.1, 0.15) is 11.2 Å². The van der Waals surface area contributed by atoms with Gasteiger partial charge in [0.05, 0.1) is 12.1 Å². The number of rotatable bonds is 5. The van der Waals surface area contributed by atoms with E-state index < -0.39 is 17.1 Å². The van der Waals surface area contributed by atoms with Crippen LogP contribution in [0.25, 0.3) is 10.9 Å². The minimum Gasteiger partial charge on any atom is -0.444 e. The second-order valence-electron chi connectivity index (χ2n) is 10.7. The Labute approximate surface area is 214 Å². The van der Waals surface area contributed by atoms with Crippen LogP contribution >= 0.6 is 0 Å². The Morgan fingerprint density at radius 2 is 1.84 bits per heavy atom. The molecule has 1 aromatic carbocycles. The summed E-state index contributed by atoms with van der Waals surface area (Å²) in [7, 11) is 1.45. The van der Waals surface area contributed by atoms with Crippen molar-refractivity contribution in [2.24, 2.45) is 11.8 Å². The number of nitrogens with zero attached hydrogens (tertiary/aromatic N) is 2. The van der Waals surface area contributed by atoms with Crippen LogP contribution in [-0.4, -0.2) is 64.1 Å². The molecular formula is C27H31N5O5. The Bertz CT molecular complexity index is 1440. The second-order valence-corrected chi connectivity index (χ2v) is 10.7. The van der Waals surface area contributed by atoms with Crippen molar-refractivity contribution in [3.63, 3.8) is 0 Å². The summed E-state index contributed by atoms with van der Waals surface area (Å²) in [4.78, 5) is 56.0. The third kappa shape index (κ3) is 4.83. The van der Waals surface area contributed by atoms with Gasteiger partial charge in [-0.05, 0) is 44.5 Å². The van der Waals surface area contributed by atoms with Gasteiger partial charge in [0, 0.05) is 61.3 Å². The minimum atomic E-state index is -0.560. The SMILES string of the molecule is CNC(=O)c1cc(C(=O)N[C@@H]2[C@@H]3CN(C(=O)OC(C)(C)C)C[C@@H]32)cn(Cc2cccc3[nH]ccc23)c1=O. The van der Waals surface area contributed by atoms with Gasteiger partial charge in [0.15, 0.2) is 0 Å². The van der Waals surface area contributed by atoms with Crippen molar-refractivity contribution in [2.75, 3.05) is 20.1 Å². The van der Waals surface area contributed by atoms with E-state index in [1.807, 2.05) is 51.2 Å². The number of amides is 3. The summed E-state index contributed by atoms with van der Waals surface area (Å²) in [5.74, 6) is -0.592. The molecule has 2 aliphatic rings. The zero-order valence-electron chi connectivity index (χ0n) is 21.3. The molecule has 3 aromatic rings. The molecule has 10 nitrogen and oxygen atoms in total. The molecule has 1 aliphatic carbocycles. The van der Waals surface area contributed by atoms with Gasteiger partial charge >= 0.3 is 6.09 Å². The summed E-state index contributed by atoms with van der Waals surface area (Å²) in [6.07, 6.45) is 2.98. The van der Waals surface area contributed by atoms with E-state index in [0.717, 1.165) is 16.5 Å². The van der Waals surface area contributed by atoms with Gasteiger partial charge in [0.2, 0.25) is 0 Å². The van der Waals surface area contributed by atoms with Crippen molar-refractivity contribution in [3.8, 4) is 0 Å². The van der Waals surface area contributed by atoms with E-state index in [4.69, 9.17) is 4.74 Å². The summed E-state index contributed by atoms with van der Waals surface area (Å²) in [6.45, 7) is 6.74. The average molecular weight is 506 g/mol. The Balaban J connectivity index is 1.33. The highest BCUT2D eigenvalue weighted by atomic mass is 16.6. The Morgan fingerprint density at radius 1 is 1.11 bits per heavy atom. The Morgan fingerprint density at radius 3 is 2.51 bits per heavy atom. The highest BCUT2D eigenvalue weighted by Gasteiger charge is 2.58. The topological polar surface area (TPSA) is 126 Å². The number of nitrogens with one attached hydrogen (secondary N) is 3. The molecular weight excluding hydrogens is 474 g/mol. The van der Waals surface area contributed by atoms with Crippen LogP contribution in [0.2, 0.25) is 0 Å². The maximum atomic E-state index is 13.2. The van der Waals surface area contributed by atoms with Crippen molar-refractivity contribution in [1.29, 1.82) is 0 Å². The molecule has 0 spiro atoms. The minimum absolute atomic E-state index is 0.0661. The fraction of sp³-hybridized carbons (Fsp3) is 0.407. The first-order valence-electron chi connectivity index (χ1n) is 12.4. The number of aromatic amines is 1. The van der Waals surface area contributed by atoms with Gasteiger partial charge in [-0.15, -0.1) is 0 Å². The number of fused-ring (bicyclic) bond motifs is 2. The molecule has 10 heteroatoms. The number of H-pyrrole nitrogens is 1. The quantitative estimate of drug-likeness (QED) is 0.491. The van der Waals surface area contributed by atoms with E-state index in [1.165, 1.54) is 23.9 Å². The molecule has 1 aliphatic heterocycles. The third-order valence-corrected chi connectivity index (χ3v) is 6.99. The highest BCUT2D eigenvalue weighted by Crippen LogP contribution is 2.45. The van der Waals surface area contributed by atoms with Gasteiger partial charge in [-0.3, -0.25) is 14.4 Å². The fourth-order valence-corrected chi connectivity index (χ4v) is 5.10. The molecule has 3 N–H and O–H groups in total. The van der Waals surface area contributed by atoms with Crippen molar-refractivity contribution >= 4 is 28.8 Å². The summed E-state index contributed by atoms with van der Waals surface area (Å²) in [6, 6.07) is 8.95. The average Bonchev–Trinajstić information content (AvgIpc) is 3.22. The fourth-order valence-electron chi connectivity index (χ4n) is 5.10. The summed E-state index contributed by atoms with van der Waals surface area (Å²) < 4.78 is 6.85. The number of hydrogen-bond acceptors (Lipinski definition) is 5. The monoisotopic (exact) mass is 505 g/mol. The van der Waals surface area contributed by atoms with Crippen molar-refractivity contribution in [1.82, 2.24) is 25.1 Å². The predicted octanol–water partition coefficient (Wildman–Crippen LogP) is 2.33. The van der Waals surface area contributed by atoms with Gasteiger partial charge in [-0.2, -0.15) is 0 Å². The molecule has 3 heterocycles. The summed E-state index contributed by atoms with van der Waals surface area (Å²) in [5, 5.41) is 6.48. The van der Waals surface area contributed by atoms with E-state index >= 15 is 0 Å². The van der Waals surface area contributed by atoms with Crippen LogP contribution in [0.4, 0.5) is 4.79 Å². The van der Waals surface area contributed by atoms with Gasteiger partial charge < -0.3 is 29.8 Å². The van der Waals surface area contributed by atoms with Gasteiger partial charge in [-0.1, -0.05) is 12.1 Å². The number of benzene rings is 1. The molecule has 194 valence electrons. The van der Waals surface area contributed by atoms with Crippen LogP contribution in [0, 0.1) is 11.8 Å². The van der Waals surface area contributed by atoms with Crippen LogP contribution in [0.1, 0.15) is 47.1 Å². The Kier molecular flexibility index (Phi) is 6.05. The van der Waals surface area contributed by atoms with Crippen LogP contribution in [-0.2, 0) is 11.3 Å².